The summed E-state index contributed by atoms with van der Waals surface area (Å²) in [5.41, 5.74) is 0.617. The first-order valence-corrected chi connectivity index (χ1v) is 11.9. The molecule has 1 aliphatic heterocycles. The number of carbonyl (C=O) groups excluding carboxylic acids is 2. The zero-order chi connectivity index (χ0) is 24.4. The number of halogens is 1. The number of hydrogen-bond acceptors (Lipinski definition) is 6. The van der Waals surface area contributed by atoms with Gasteiger partial charge in [-0.1, -0.05) is 23.7 Å². The number of ether oxygens (including phenoxy) is 1. The van der Waals surface area contributed by atoms with Crippen molar-refractivity contribution in [3.05, 3.63) is 29.8 Å². The SMILES string of the molecule is COc1cccc(C(C(=N)Cl)N(CC(=O)NC(C)C)C(=O)CNCCC2CCN(C)CC2)c1. The van der Waals surface area contributed by atoms with Gasteiger partial charge in [0, 0.05) is 6.04 Å². The molecule has 3 N–H and O–H groups in total. The minimum atomic E-state index is -0.872. The van der Waals surface area contributed by atoms with Crippen LogP contribution in [0.3, 0.4) is 0 Å². The first kappa shape index (κ1) is 27.1. The number of amides is 2. The first-order chi connectivity index (χ1) is 15.7. The third-order valence-electron chi connectivity index (χ3n) is 5.89. The largest absolute Gasteiger partial charge is 0.497 e. The van der Waals surface area contributed by atoms with Crippen LogP contribution < -0.4 is 15.4 Å². The van der Waals surface area contributed by atoms with Crippen molar-refractivity contribution < 1.29 is 14.3 Å². The molecule has 0 radical (unpaired) electrons. The zero-order valence-electron chi connectivity index (χ0n) is 20.2. The van der Waals surface area contributed by atoms with E-state index < -0.39 is 6.04 Å². The predicted octanol–water partition coefficient (Wildman–Crippen LogP) is 2.63. The summed E-state index contributed by atoms with van der Waals surface area (Å²) in [5, 5.41) is 14.0. The molecule has 1 fully saturated rings. The standard InChI is InChI=1S/C24H38ClN5O3/c1-17(2)28-21(31)16-30(23(24(25)26)19-6-5-7-20(14-19)33-4)22(32)15-27-11-8-18-9-12-29(3)13-10-18/h5-7,14,17-18,23,26-27H,8-13,15-16H2,1-4H3,(H,28,31). The highest BCUT2D eigenvalue weighted by atomic mass is 35.5. The summed E-state index contributed by atoms with van der Waals surface area (Å²) in [5.74, 6) is 0.675. The van der Waals surface area contributed by atoms with E-state index in [0.717, 1.165) is 26.1 Å². The molecule has 1 aromatic rings. The van der Waals surface area contributed by atoms with E-state index in [1.807, 2.05) is 13.8 Å². The van der Waals surface area contributed by atoms with E-state index in [-0.39, 0.29) is 36.1 Å². The van der Waals surface area contributed by atoms with Gasteiger partial charge in [0.15, 0.2) is 0 Å². The van der Waals surface area contributed by atoms with Gasteiger partial charge in [0.1, 0.15) is 23.5 Å². The van der Waals surface area contributed by atoms with Crippen LogP contribution in [0.5, 0.6) is 5.75 Å². The highest BCUT2D eigenvalue weighted by Crippen LogP contribution is 2.27. The van der Waals surface area contributed by atoms with E-state index in [9.17, 15) is 9.59 Å². The Kier molecular flexibility index (Phi) is 11.1. The number of nitrogens with one attached hydrogen (secondary N) is 3. The molecule has 1 atom stereocenters. The fourth-order valence-corrected chi connectivity index (χ4v) is 4.32. The quantitative estimate of drug-likeness (QED) is 0.316. The number of nitrogens with zero attached hydrogens (tertiary/aromatic N) is 2. The van der Waals surface area contributed by atoms with E-state index in [1.165, 1.54) is 17.7 Å². The fourth-order valence-electron chi connectivity index (χ4n) is 4.07. The summed E-state index contributed by atoms with van der Waals surface area (Å²) in [6.45, 7) is 6.56. The Morgan fingerprint density at radius 3 is 2.61 bits per heavy atom. The minimum Gasteiger partial charge on any atom is -0.497 e. The average Bonchev–Trinajstić information content (AvgIpc) is 2.76. The molecule has 1 aromatic carbocycles. The summed E-state index contributed by atoms with van der Waals surface area (Å²) < 4.78 is 5.29. The molecule has 9 heteroatoms. The Balaban J connectivity index is 2.09. The van der Waals surface area contributed by atoms with Gasteiger partial charge in [0.25, 0.3) is 0 Å². The van der Waals surface area contributed by atoms with Gasteiger partial charge in [0.2, 0.25) is 11.8 Å². The molecule has 1 unspecified atom stereocenters. The van der Waals surface area contributed by atoms with Crippen molar-refractivity contribution in [2.45, 2.75) is 45.2 Å². The van der Waals surface area contributed by atoms with E-state index in [2.05, 4.69) is 22.6 Å². The summed E-state index contributed by atoms with van der Waals surface area (Å²) >= 11 is 6.17. The maximum absolute atomic E-state index is 13.2. The van der Waals surface area contributed by atoms with Gasteiger partial charge in [-0.2, -0.15) is 0 Å². The van der Waals surface area contributed by atoms with E-state index in [0.29, 0.717) is 17.2 Å². The van der Waals surface area contributed by atoms with Gasteiger partial charge in [-0.25, -0.2) is 0 Å². The van der Waals surface area contributed by atoms with Crippen molar-refractivity contribution in [2.24, 2.45) is 5.92 Å². The number of piperidine rings is 1. The Labute approximate surface area is 202 Å². The van der Waals surface area contributed by atoms with Crippen molar-refractivity contribution in [3.8, 4) is 5.75 Å². The predicted molar refractivity (Wildman–Crippen MR) is 132 cm³/mol. The fraction of sp³-hybridized carbons (Fsp3) is 0.625. The van der Waals surface area contributed by atoms with Crippen molar-refractivity contribution in [1.82, 2.24) is 20.4 Å². The summed E-state index contributed by atoms with van der Waals surface area (Å²) in [6, 6.07) is 6.13. The number of carbonyl (C=O) groups is 2. The van der Waals surface area contributed by atoms with Crippen LogP contribution in [0.15, 0.2) is 24.3 Å². The smallest absolute Gasteiger partial charge is 0.239 e. The molecule has 1 aliphatic rings. The highest BCUT2D eigenvalue weighted by molar-refractivity contribution is 6.65. The lowest BCUT2D eigenvalue weighted by Gasteiger charge is -2.31. The number of benzene rings is 1. The molecular weight excluding hydrogens is 442 g/mol. The Bertz CT molecular complexity index is 796. The van der Waals surface area contributed by atoms with Crippen LogP contribution in [0.1, 0.15) is 44.7 Å². The zero-order valence-corrected chi connectivity index (χ0v) is 21.0. The second kappa shape index (κ2) is 13.5. The van der Waals surface area contributed by atoms with Gasteiger partial charge in [-0.05, 0) is 83.4 Å². The van der Waals surface area contributed by atoms with Gasteiger partial charge in [-0.15, -0.1) is 0 Å². The first-order valence-electron chi connectivity index (χ1n) is 11.6. The van der Waals surface area contributed by atoms with Gasteiger partial charge < -0.3 is 25.2 Å². The number of rotatable bonds is 12. The molecule has 2 rings (SSSR count). The highest BCUT2D eigenvalue weighted by Gasteiger charge is 2.30. The number of likely N-dealkylation sites (tertiary alicyclic amines) is 1. The maximum Gasteiger partial charge on any atom is 0.239 e. The van der Waals surface area contributed by atoms with Crippen LogP contribution in [0.4, 0.5) is 0 Å². The molecule has 0 bridgehead atoms. The second-order valence-electron chi connectivity index (χ2n) is 8.98. The van der Waals surface area contributed by atoms with Crippen LogP contribution in [-0.4, -0.2) is 79.7 Å². The average molecular weight is 480 g/mol. The minimum absolute atomic E-state index is 0.0622. The van der Waals surface area contributed by atoms with Gasteiger partial charge >= 0.3 is 0 Å². The van der Waals surface area contributed by atoms with Crippen LogP contribution in [0.2, 0.25) is 0 Å². The Morgan fingerprint density at radius 2 is 2.00 bits per heavy atom. The van der Waals surface area contributed by atoms with Crippen LogP contribution in [-0.2, 0) is 9.59 Å². The Hall–Kier alpha value is -2.16. The molecule has 184 valence electrons. The topological polar surface area (TPSA) is 97.8 Å². The lowest BCUT2D eigenvalue weighted by Crippen LogP contribution is -2.48. The van der Waals surface area contributed by atoms with Crippen LogP contribution in [0.25, 0.3) is 0 Å². The number of methoxy groups -OCH3 is 1. The molecule has 1 heterocycles. The molecule has 0 saturated carbocycles. The maximum atomic E-state index is 13.2. The molecule has 1 saturated heterocycles. The van der Waals surface area contributed by atoms with E-state index in [1.54, 1.807) is 31.4 Å². The van der Waals surface area contributed by atoms with E-state index in [4.69, 9.17) is 21.7 Å². The van der Waals surface area contributed by atoms with Crippen molar-refractivity contribution in [3.63, 3.8) is 0 Å². The second-order valence-corrected chi connectivity index (χ2v) is 9.39. The van der Waals surface area contributed by atoms with Crippen molar-refractivity contribution in [1.29, 1.82) is 5.41 Å². The monoisotopic (exact) mass is 479 g/mol. The summed E-state index contributed by atoms with van der Waals surface area (Å²) in [7, 11) is 3.69. The van der Waals surface area contributed by atoms with Crippen LogP contribution in [0, 0.1) is 11.3 Å². The lowest BCUT2D eigenvalue weighted by atomic mass is 9.94. The summed E-state index contributed by atoms with van der Waals surface area (Å²) in [4.78, 5) is 29.5. The molecule has 33 heavy (non-hydrogen) atoms. The van der Waals surface area contributed by atoms with Crippen LogP contribution >= 0.6 is 11.6 Å². The Morgan fingerprint density at radius 1 is 1.30 bits per heavy atom. The van der Waals surface area contributed by atoms with Gasteiger partial charge in [0.05, 0.1) is 13.7 Å². The van der Waals surface area contributed by atoms with Crippen molar-refractivity contribution in [2.75, 3.05) is 46.9 Å². The third-order valence-corrected chi connectivity index (χ3v) is 6.10. The van der Waals surface area contributed by atoms with E-state index >= 15 is 0 Å². The van der Waals surface area contributed by atoms with Crippen molar-refractivity contribution >= 4 is 28.6 Å². The molecule has 8 nitrogen and oxygen atoms in total. The number of hydrogen-bond donors (Lipinski definition) is 3. The third kappa shape index (κ3) is 8.95. The molecule has 0 aromatic heterocycles. The van der Waals surface area contributed by atoms with Gasteiger partial charge in [-0.3, -0.25) is 15.0 Å². The normalized spacial score (nSPS) is 15.8. The molecule has 0 aliphatic carbocycles. The molecule has 0 spiro atoms. The summed E-state index contributed by atoms with van der Waals surface area (Å²) in [6.07, 6.45) is 3.36. The molecular formula is C24H38ClN5O3. The lowest BCUT2D eigenvalue weighted by molar-refractivity contribution is -0.136. The molecule has 2 amide bonds.